The summed E-state index contributed by atoms with van der Waals surface area (Å²) in [5.41, 5.74) is 4.08. The lowest BCUT2D eigenvalue weighted by Gasteiger charge is -2.20. The first-order valence-electron chi connectivity index (χ1n) is 9.96. The summed E-state index contributed by atoms with van der Waals surface area (Å²) in [5, 5.41) is 17.7. The lowest BCUT2D eigenvalue weighted by Crippen LogP contribution is -2.45. The van der Waals surface area contributed by atoms with E-state index in [2.05, 4.69) is 16.0 Å². The Kier molecular flexibility index (Phi) is 7.98. The first-order valence-corrected chi connectivity index (χ1v) is 9.96. The molecule has 2 amide bonds. The molecule has 0 aliphatic heterocycles. The van der Waals surface area contributed by atoms with E-state index < -0.39 is 17.9 Å². The number of hydrogen-bond donors (Lipinski definition) is 4. The van der Waals surface area contributed by atoms with Gasteiger partial charge in [-0.1, -0.05) is 26.3 Å². The van der Waals surface area contributed by atoms with Crippen molar-refractivity contribution in [3.63, 3.8) is 0 Å². The molecule has 7 heteroatoms. The highest BCUT2D eigenvalue weighted by Gasteiger charge is 2.25. The smallest absolute Gasteiger partial charge is 0.326 e. The van der Waals surface area contributed by atoms with Gasteiger partial charge in [0.05, 0.1) is 6.54 Å². The standard InChI is InChI=1S/C23H29N3O4/c1-5-14(2)21(23(29)30)26-22(28)17-7-10-18(11-8-17)25-20(27)13-24-19-9-6-15(3)16(4)12-19/h6-12,14,21,24H,5,13H2,1-4H3,(H,25,27)(H,26,28)(H,29,30). The van der Waals surface area contributed by atoms with E-state index in [1.165, 1.54) is 5.56 Å². The number of hydrogen-bond acceptors (Lipinski definition) is 4. The van der Waals surface area contributed by atoms with Gasteiger partial charge in [-0.3, -0.25) is 9.59 Å². The van der Waals surface area contributed by atoms with Crippen LogP contribution in [0.5, 0.6) is 0 Å². The second-order valence-electron chi connectivity index (χ2n) is 7.45. The Labute approximate surface area is 176 Å². The second-order valence-corrected chi connectivity index (χ2v) is 7.45. The van der Waals surface area contributed by atoms with E-state index in [1.54, 1.807) is 31.2 Å². The van der Waals surface area contributed by atoms with Gasteiger partial charge in [0.2, 0.25) is 5.91 Å². The summed E-state index contributed by atoms with van der Waals surface area (Å²) in [6, 6.07) is 11.3. The van der Waals surface area contributed by atoms with E-state index in [9.17, 15) is 19.5 Å². The van der Waals surface area contributed by atoms with Crippen LogP contribution >= 0.6 is 0 Å². The van der Waals surface area contributed by atoms with Crippen LogP contribution in [0.1, 0.15) is 41.8 Å². The quantitative estimate of drug-likeness (QED) is 0.504. The molecule has 0 saturated heterocycles. The molecule has 0 fully saturated rings. The van der Waals surface area contributed by atoms with E-state index >= 15 is 0 Å². The molecular weight excluding hydrogens is 382 g/mol. The maximum atomic E-state index is 12.4. The number of carboxylic acids is 1. The van der Waals surface area contributed by atoms with Crippen LogP contribution < -0.4 is 16.0 Å². The SMILES string of the molecule is CCC(C)C(NC(=O)c1ccc(NC(=O)CNc2ccc(C)c(C)c2)cc1)C(=O)O. The Morgan fingerprint density at radius 3 is 2.17 bits per heavy atom. The number of carboxylic acid groups (broad SMARTS) is 1. The highest BCUT2D eigenvalue weighted by Crippen LogP contribution is 2.15. The summed E-state index contributed by atoms with van der Waals surface area (Å²) in [6.07, 6.45) is 0.637. The Bertz CT molecular complexity index is 909. The normalized spacial score (nSPS) is 12.5. The average molecular weight is 412 g/mol. The van der Waals surface area contributed by atoms with Crippen LogP contribution in [0.4, 0.5) is 11.4 Å². The summed E-state index contributed by atoms with van der Waals surface area (Å²) in [5.74, 6) is -1.92. The Hall–Kier alpha value is -3.35. The van der Waals surface area contributed by atoms with E-state index in [0.29, 0.717) is 17.7 Å². The van der Waals surface area contributed by atoms with Gasteiger partial charge in [0.15, 0.2) is 0 Å². The molecule has 0 bridgehead atoms. The monoisotopic (exact) mass is 411 g/mol. The highest BCUT2D eigenvalue weighted by molar-refractivity contribution is 5.98. The molecule has 0 aliphatic carbocycles. The van der Waals surface area contributed by atoms with Gasteiger partial charge < -0.3 is 21.1 Å². The number of aliphatic carboxylic acids is 1. The van der Waals surface area contributed by atoms with Crippen LogP contribution in [0.2, 0.25) is 0 Å². The van der Waals surface area contributed by atoms with Gasteiger partial charge in [0, 0.05) is 16.9 Å². The van der Waals surface area contributed by atoms with Crippen molar-refractivity contribution in [2.24, 2.45) is 5.92 Å². The summed E-state index contributed by atoms with van der Waals surface area (Å²) < 4.78 is 0. The third-order valence-corrected chi connectivity index (χ3v) is 5.16. The van der Waals surface area contributed by atoms with Crippen LogP contribution in [-0.2, 0) is 9.59 Å². The van der Waals surface area contributed by atoms with Gasteiger partial charge in [-0.15, -0.1) is 0 Å². The molecule has 0 saturated carbocycles. The summed E-state index contributed by atoms with van der Waals surface area (Å²) >= 11 is 0. The molecule has 160 valence electrons. The fourth-order valence-electron chi connectivity index (χ4n) is 2.85. The molecule has 0 aromatic heterocycles. The van der Waals surface area contributed by atoms with Crippen LogP contribution in [0.15, 0.2) is 42.5 Å². The van der Waals surface area contributed by atoms with E-state index in [4.69, 9.17) is 0 Å². The third-order valence-electron chi connectivity index (χ3n) is 5.16. The molecular formula is C23H29N3O4. The molecule has 2 aromatic rings. The van der Waals surface area contributed by atoms with Crippen molar-refractivity contribution >= 4 is 29.2 Å². The van der Waals surface area contributed by atoms with Crippen LogP contribution in [-0.4, -0.2) is 35.5 Å². The minimum atomic E-state index is -1.06. The summed E-state index contributed by atoms with van der Waals surface area (Å²) in [4.78, 5) is 35.9. The average Bonchev–Trinajstić information content (AvgIpc) is 2.72. The molecule has 2 aromatic carbocycles. The van der Waals surface area contributed by atoms with E-state index in [1.807, 2.05) is 39.0 Å². The topological polar surface area (TPSA) is 108 Å². The molecule has 0 spiro atoms. The summed E-state index contributed by atoms with van der Waals surface area (Å²) in [6.45, 7) is 7.81. The minimum Gasteiger partial charge on any atom is -0.480 e. The number of aryl methyl sites for hydroxylation is 2. The molecule has 7 nitrogen and oxygen atoms in total. The molecule has 2 rings (SSSR count). The highest BCUT2D eigenvalue weighted by atomic mass is 16.4. The van der Waals surface area contributed by atoms with Crippen LogP contribution in [0.25, 0.3) is 0 Å². The number of amides is 2. The van der Waals surface area contributed by atoms with Gasteiger partial charge in [0.25, 0.3) is 5.91 Å². The zero-order chi connectivity index (χ0) is 22.3. The number of benzene rings is 2. The molecule has 2 atom stereocenters. The fourth-order valence-corrected chi connectivity index (χ4v) is 2.85. The van der Waals surface area contributed by atoms with Crippen molar-refractivity contribution < 1.29 is 19.5 Å². The first kappa shape index (κ1) is 22.9. The Morgan fingerprint density at radius 1 is 0.967 bits per heavy atom. The van der Waals surface area contributed by atoms with Crippen molar-refractivity contribution in [2.75, 3.05) is 17.2 Å². The van der Waals surface area contributed by atoms with Gasteiger partial charge in [-0.25, -0.2) is 4.79 Å². The zero-order valence-electron chi connectivity index (χ0n) is 17.8. The minimum absolute atomic E-state index is 0.111. The second kappa shape index (κ2) is 10.4. The van der Waals surface area contributed by atoms with Gasteiger partial charge in [-0.05, 0) is 67.3 Å². The number of carbonyl (C=O) groups excluding carboxylic acids is 2. The maximum absolute atomic E-state index is 12.4. The van der Waals surface area contributed by atoms with Crippen molar-refractivity contribution in [2.45, 2.75) is 40.2 Å². The number of anilines is 2. The van der Waals surface area contributed by atoms with Gasteiger partial charge >= 0.3 is 5.97 Å². The molecule has 30 heavy (non-hydrogen) atoms. The number of rotatable bonds is 9. The van der Waals surface area contributed by atoms with E-state index in [0.717, 1.165) is 11.3 Å². The van der Waals surface area contributed by atoms with E-state index in [-0.39, 0.29) is 18.4 Å². The molecule has 0 aliphatic rings. The Morgan fingerprint density at radius 2 is 1.60 bits per heavy atom. The lowest BCUT2D eigenvalue weighted by atomic mass is 9.99. The molecule has 2 unspecified atom stereocenters. The molecule has 0 heterocycles. The number of nitrogens with one attached hydrogen (secondary N) is 3. The van der Waals surface area contributed by atoms with Crippen molar-refractivity contribution in [3.8, 4) is 0 Å². The lowest BCUT2D eigenvalue weighted by molar-refractivity contribution is -0.140. The van der Waals surface area contributed by atoms with Crippen LogP contribution in [0.3, 0.4) is 0 Å². The zero-order valence-corrected chi connectivity index (χ0v) is 17.8. The molecule has 0 radical (unpaired) electrons. The van der Waals surface area contributed by atoms with Gasteiger partial charge in [0.1, 0.15) is 6.04 Å². The van der Waals surface area contributed by atoms with Crippen LogP contribution in [0, 0.1) is 19.8 Å². The van der Waals surface area contributed by atoms with Crippen molar-refractivity contribution in [1.29, 1.82) is 0 Å². The Balaban J connectivity index is 1.91. The third kappa shape index (κ3) is 6.34. The molecule has 4 N–H and O–H groups in total. The predicted molar refractivity (Wildman–Crippen MR) is 118 cm³/mol. The summed E-state index contributed by atoms with van der Waals surface area (Å²) in [7, 11) is 0. The maximum Gasteiger partial charge on any atom is 0.326 e. The van der Waals surface area contributed by atoms with Crippen molar-refractivity contribution in [1.82, 2.24) is 5.32 Å². The fraction of sp³-hybridized carbons (Fsp3) is 0.348. The van der Waals surface area contributed by atoms with Crippen molar-refractivity contribution in [3.05, 3.63) is 59.2 Å². The predicted octanol–water partition coefficient (Wildman–Crippen LogP) is 3.58. The number of carbonyl (C=O) groups is 3. The first-order chi connectivity index (χ1) is 14.2. The van der Waals surface area contributed by atoms with Gasteiger partial charge in [-0.2, -0.15) is 0 Å². The largest absolute Gasteiger partial charge is 0.480 e.